The van der Waals surface area contributed by atoms with Crippen LogP contribution in [0.15, 0.2) is 22.8 Å². The van der Waals surface area contributed by atoms with Gasteiger partial charge in [-0.15, -0.1) is 0 Å². The van der Waals surface area contributed by atoms with E-state index in [2.05, 4.69) is 19.2 Å². The van der Waals surface area contributed by atoms with Crippen LogP contribution in [-0.4, -0.2) is 36.5 Å². The third kappa shape index (κ3) is 2.93. The summed E-state index contributed by atoms with van der Waals surface area (Å²) < 4.78 is 5.17. The average Bonchev–Trinajstić information content (AvgIpc) is 2.90. The summed E-state index contributed by atoms with van der Waals surface area (Å²) in [5.41, 5.74) is 0. The molecule has 2 heterocycles. The molecule has 1 aliphatic rings. The Morgan fingerprint density at radius 1 is 1.61 bits per heavy atom. The molecule has 1 saturated heterocycles. The first-order valence-corrected chi connectivity index (χ1v) is 6.78. The molecule has 0 bridgehead atoms. The van der Waals surface area contributed by atoms with Crippen molar-refractivity contribution in [1.82, 2.24) is 10.2 Å². The molecule has 4 heteroatoms. The quantitative estimate of drug-likeness (QED) is 0.890. The van der Waals surface area contributed by atoms with Gasteiger partial charge in [-0.2, -0.15) is 0 Å². The summed E-state index contributed by atoms with van der Waals surface area (Å²) >= 11 is 0. The molecule has 0 aliphatic carbocycles. The summed E-state index contributed by atoms with van der Waals surface area (Å²) in [7, 11) is 0. The van der Waals surface area contributed by atoms with Crippen LogP contribution in [0.3, 0.4) is 0 Å². The Morgan fingerprint density at radius 2 is 2.44 bits per heavy atom. The van der Waals surface area contributed by atoms with E-state index < -0.39 is 0 Å². The van der Waals surface area contributed by atoms with Crippen molar-refractivity contribution >= 4 is 5.91 Å². The van der Waals surface area contributed by atoms with Gasteiger partial charge in [-0.1, -0.05) is 13.8 Å². The summed E-state index contributed by atoms with van der Waals surface area (Å²) in [6.45, 7) is 7.05. The van der Waals surface area contributed by atoms with Crippen LogP contribution >= 0.6 is 0 Å². The Bertz CT molecular complexity index is 375. The van der Waals surface area contributed by atoms with Crippen molar-refractivity contribution in [2.45, 2.75) is 32.7 Å². The zero-order valence-corrected chi connectivity index (χ0v) is 11.2. The smallest absolute Gasteiger partial charge is 0.289 e. The lowest BCUT2D eigenvalue weighted by Gasteiger charge is -2.37. The van der Waals surface area contributed by atoms with Gasteiger partial charge in [-0.25, -0.2) is 0 Å². The number of hydrogen-bond donors (Lipinski definition) is 1. The molecule has 4 nitrogen and oxygen atoms in total. The zero-order valence-electron chi connectivity index (χ0n) is 11.2. The Labute approximate surface area is 108 Å². The van der Waals surface area contributed by atoms with E-state index in [9.17, 15) is 4.79 Å². The van der Waals surface area contributed by atoms with Gasteiger partial charge in [0.05, 0.1) is 6.26 Å². The zero-order chi connectivity index (χ0) is 13.0. The van der Waals surface area contributed by atoms with Gasteiger partial charge in [-0.3, -0.25) is 4.79 Å². The lowest BCUT2D eigenvalue weighted by molar-refractivity contribution is 0.0613. The lowest BCUT2D eigenvalue weighted by Crippen LogP contribution is -2.50. The van der Waals surface area contributed by atoms with E-state index in [1.807, 2.05) is 4.90 Å². The number of nitrogens with one attached hydrogen (secondary N) is 1. The standard InChI is InChI=1S/C14H22N2O2/c1-3-7-15-12-6-8-16(10-11(12)2)14(17)13-5-4-9-18-13/h4-5,9,11-12,15H,3,6-8,10H2,1-2H3. The third-order valence-corrected chi connectivity index (χ3v) is 3.58. The molecule has 0 spiro atoms. The largest absolute Gasteiger partial charge is 0.459 e. The molecule has 1 aromatic rings. The Balaban J connectivity index is 1.90. The Morgan fingerprint density at radius 3 is 3.06 bits per heavy atom. The predicted molar refractivity (Wildman–Crippen MR) is 70.5 cm³/mol. The maximum Gasteiger partial charge on any atom is 0.289 e. The van der Waals surface area contributed by atoms with E-state index in [0.717, 1.165) is 32.5 Å². The summed E-state index contributed by atoms with van der Waals surface area (Å²) in [4.78, 5) is 14.0. The molecule has 2 rings (SSSR count). The number of piperidine rings is 1. The van der Waals surface area contributed by atoms with Gasteiger partial charge in [0, 0.05) is 19.1 Å². The van der Waals surface area contributed by atoms with E-state index >= 15 is 0 Å². The van der Waals surface area contributed by atoms with Gasteiger partial charge in [0.15, 0.2) is 5.76 Å². The van der Waals surface area contributed by atoms with Crippen LogP contribution in [0.2, 0.25) is 0 Å². The molecule has 100 valence electrons. The third-order valence-electron chi connectivity index (χ3n) is 3.58. The molecular formula is C14H22N2O2. The van der Waals surface area contributed by atoms with Gasteiger partial charge >= 0.3 is 0 Å². The first-order chi connectivity index (χ1) is 8.72. The average molecular weight is 250 g/mol. The predicted octanol–water partition coefficient (Wildman–Crippen LogP) is 2.13. The molecule has 0 aromatic carbocycles. The summed E-state index contributed by atoms with van der Waals surface area (Å²) in [5.74, 6) is 0.951. The maximum atomic E-state index is 12.1. The molecule has 1 amide bonds. The van der Waals surface area contributed by atoms with Crippen molar-refractivity contribution in [2.24, 2.45) is 5.92 Å². The van der Waals surface area contributed by atoms with E-state index in [1.54, 1.807) is 18.4 Å². The van der Waals surface area contributed by atoms with Crippen molar-refractivity contribution < 1.29 is 9.21 Å². The van der Waals surface area contributed by atoms with E-state index in [1.165, 1.54) is 0 Å². The molecule has 0 saturated carbocycles. The van der Waals surface area contributed by atoms with Crippen LogP contribution in [0.1, 0.15) is 37.2 Å². The van der Waals surface area contributed by atoms with Crippen molar-refractivity contribution in [3.05, 3.63) is 24.2 Å². The van der Waals surface area contributed by atoms with E-state index in [4.69, 9.17) is 4.42 Å². The van der Waals surface area contributed by atoms with E-state index in [-0.39, 0.29) is 5.91 Å². The molecule has 2 unspecified atom stereocenters. The number of carbonyl (C=O) groups excluding carboxylic acids is 1. The first-order valence-electron chi connectivity index (χ1n) is 6.78. The van der Waals surface area contributed by atoms with Crippen molar-refractivity contribution in [3.8, 4) is 0 Å². The van der Waals surface area contributed by atoms with Crippen LogP contribution in [0.25, 0.3) is 0 Å². The van der Waals surface area contributed by atoms with Crippen molar-refractivity contribution in [2.75, 3.05) is 19.6 Å². The number of amides is 1. The highest BCUT2D eigenvalue weighted by Gasteiger charge is 2.29. The highest BCUT2D eigenvalue weighted by molar-refractivity contribution is 5.91. The fourth-order valence-corrected chi connectivity index (χ4v) is 2.52. The number of hydrogen-bond acceptors (Lipinski definition) is 3. The first kappa shape index (κ1) is 13.1. The van der Waals surface area contributed by atoms with Crippen LogP contribution in [0.5, 0.6) is 0 Å². The topological polar surface area (TPSA) is 45.5 Å². The SMILES string of the molecule is CCCNC1CCN(C(=O)c2ccco2)CC1C. The molecule has 1 aromatic heterocycles. The maximum absolute atomic E-state index is 12.1. The summed E-state index contributed by atoms with van der Waals surface area (Å²) in [6.07, 6.45) is 3.72. The van der Waals surface area contributed by atoms with Gasteiger partial charge in [0.25, 0.3) is 5.91 Å². The minimum atomic E-state index is 0.0146. The van der Waals surface area contributed by atoms with Crippen LogP contribution in [0, 0.1) is 5.92 Å². The second-order valence-corrected chi connectivity index (χ2v) is 5.06. The number of carbonyl (C=O) groups is 1. The van der Waals surface area contributed by atoms with Gasteiger partial charge in [-0.05, 0) is 37.4 Å². The van der Waals surface area contributed by atoms with E-state index in [0.29, 0.717) is 17.7 Å². The van der Waals surface area contributed by atoms with Crippen LogP contribution in [0.4, 0.5) is 0 Å². The van der Waals surface area contributed by atoms with Gasteiger partial charge < -0.3 is 14.6 Å². The molecule has 2 atom stereocenters. The molecular weight excluding hydrogens is 228 g/mol. The van der Waals surface area contributed by atoms with Crippen LogP contribution < -0.4 is 5.32 Å². The molecule has 18 heavy (non-hydrogen) atoms. The highest BCUT2D eigenvalue weighted by Crippen LogP contribution is 2.19. The molecule has 1 fully saturated rings. The number of likely N-dealkylation sites (tertiary alicyclic amines) is 1. The summed E-state index contributed by atoms with van der Waals surface area (Å²) in [6, 6.07) is 4.02. The summed E-state index contributed by atoms with van der Waals surface area (Å²) in [5, 5.41) is 3.55. The number of furan rings is 1. The van der Waals surface area contributed by atoms with Gasteiger partial charge in [0.1, 0.15) is 0 Å². The Hall–Kier alpha value is -1.29. The molecule has 0 radical (unpaired) electrons. The molecule has 1 aliphatic heterocycles. The van der Waals surface area contributed by atoms with Crippen molar-refractivity contribution in [3.63, 3.8) is 0 Å². The van der Waals surface area contributed by atoms with Crippen LogP contribution in [-0.2, 0) is 0 Å². The minimum Gasteiger partial charge on any atom is -0.459 e. The molecule has 1 N–H and O–H groups in total. The lowest BCUT2D eigenvalue weighted by atomic mass is 9.93. The second-order valence-electron chi connectivity index (χ2n) is 5.06. The number of rotatable bonds is 4. The fraction of sp³-hybridized carbons (Fsp3) is 0.643. The number of nitrogens with zero attached hydrogens (tertiary/aromatic N) is 1. The Kier molecular flexibility index (Phi) is 4.42. The fourth-order valence-electron chi connectivity index (χ4n) is 2.52. The normalized spacial score (nSPS) is 24.2. The minimum absolute atomic E-state index is 0.0146. The second kappa shape index (κ2) is 6.05. The highest BCUT2D eigenvalue weighted by atomic mass is 16.3. The monoisotopic (exact) mass is 250 g/mol. The van der Waals surface area contributed by atoms with Gasteiger partial charge in [0.2, 0.25) is 0 Å². The van der Waals surface area contributed by atoms with Crippen molar-refractivity contribution in [1.29, 1.82) is 0 Å².